The molecule has 1 heterocycles. The van der Waals surface area contributed by atoms with E-state index in [1.54, 1.807) is 5.57 Å². The fourth-order valence-corrected chi connectivity index (χ4v) is 10.3. The van der Waals surface area contributed by atoms with Crippen LogP contribution in [0.1, 0.15) is 41.5 Å². The molecule has 7 aromatic carbocycles. The van der Waals surface area contributed by atoms with Gasteiger partial charge in [0.15, 0.2) is 0 Å². The smallest absolute Gasteiger partial charge is 0.137 e. The number of rotatable bonds is 4. The van der Waals surface area contributed by atoms with E-state index in [1.165, 1.54) is 61.5 Å². The van der Waals surface area contributed by atoms with Gasteiger partial charge in [0.1, 0.15) is 11.2 Å². The second-order valence-electron chi connectivity index (χ2n) is 15.5. The second kappa shape index (κ2) is 12.9. The number of hydrogen-bond donors (Lipinski definition) is 0. The van der Waals surface area contributed by atoms with Crippen molar-refractivity contribution in [3.63, 3.8) is 0 Å². The Kier molecular flexibility index (Phi) is 7.52. The van der Waals surface area contributed by atoms with Crippen LogP contribution in [-0.2, 0) is 18.3 Å². The zero-order valence-electron chi connectivity index (χ0n) is 30.8. The number of anilines is 2. The Morgan fingerprint density at radius 2 is 1.11 bits per heavy atom. The lowest BCUT2D eigenvalue weighted by Gasteiger charge is -2.40. The number of nitrogens with zero attached hydrogens (tertiary/aromatic N) is 1. The summed E-state index contributed by atoms with van der Waals surface area (Å²) < 4.78 is 6.52. The monoisotopic (exact) mass is 707 g/mol. The first-order valence-electron chi connectivity index (χ1n) is 19.8. The summed E-state index contributed by atoms with van der Waals surface area (Å²) in [7, 11) is 0. The van der Waals surface area contributed by atoms with Gasteiger partial charge in [0.2, 0.25) is 0 Å². The van der Waals surface area contributed by atoms with E-state index in [9.17, 15) is 0 Å². The van der Waals surface area contributed by atoms with Crippen molar-refractivity contribution in [2.75, 3.05) is 4.90 Å². The average Bonchev–Trinajstić information content (AvgIpc) is 3.78. The first-order chi connectivity index (χ1) is 27.3. The lowest BCUT2D eigenvalue weighted by molar-refractivity contribution is 0.419. The van der Waals surface area contributed by atoms with Gasteiger partial charge in [-0.15, -0.1) is 0 Å². The molecule has 11 rings (SSSR count). The Hall–Kier alpha value is -6.38. The third-order valence-corrected chi connectivity index (χ3v) is 12.7. The van der Waals surface area contributed by atoms with E-state index < -0.39 is 0 Å². The van der Waals surface area contributed by atoms with Crippen LogP contribution in [0.4, 0.5) is 11.4 Å². The molecule has 0 radical (unpaired) electrons. The molecule has 264 valence electrons. The largest absolute Gasteiger partial charge is 0.456 e. The first-order valence-corrected chi connectivity index (χ1v) is 19.8. The molecule has 1 atom stereocenters. The van der Waals surface area contributed by atoms with Crippen LogP contribution in [-0.4, -0.2) is 6.04 Å². The zero-order chi connectivity index (χ0) is 36.3. The molecule has 0 fully saturated rings. The molecule has 0 N–H and O–H groups in total. The van der Waals surface area contributed by atoms with Crippen molar-refractivity contribution in [2.24, 2.45) is 0 Å². The fraction of sp³-hybridized carbons (Fsp3) is 0.132. The minimum absolute atomic E-state index is 0.0706. The molecule has 3 aliphatic rings. The van der Waals surface area contributed by atoms with Crippen molar-refractivity contribution in [2.45, 2.75) is 43.6 Å². The third kappa shape index (κ3) is 5.08. The standard InChI is InChI=1S/C53H41NO/c1-2-15-36(16-3-1)42-21-9-12-25-48(42)54(49-26-14-28-51-52(49)45-23-10-13-27-50(45)55-51)39-29-30-44-43-22-8-11-24-46(43)53(47(44)35-39)33-31-37-17-4-6-19-40(37)41-20-7-5-18-38(41)32-34-53/h1-30,39H,31-35H2. The lowest BCUT2D eigenvalue weighted by Crippen LogP contribution is -2.36. The van der Waals surface area contributed by atoms with Crippen LogP contribution in [0.15, 0.2) is 192 Å². The number of hydrogen-bond acceptors (Lipinski definition) is 2. The maximum atomic E-state index is 6.52. The Labute approximate surface area is 322 Å². The normalized spacial score (nSPS) is 16.9. The van der Waals surface area contributed by atoms with Crippen molar-refractivity contribution in [3.8, 4) is 22.3 Å². The highest BCUT2D eigenvalue weighted by molar-refractivity contribution is 6.13. The summed E-state index contributed by atoms with van der Waals surface area (Å²) in [5, 5.41) is 2.31. The summed E-state index contributed by atoms with van der Waals surface area (Å²) in [5.74, 6) is 0. The van der Waals surface area contributed by atoms with Gasteiger partial charge in [0.25, 0.3) is 0 Å². The molecule has 1 spiro atoms. The van der Waals surface area contributed by atoms with Gasteiger partial charge in [-0.3, -0.25) is 0 Å². The van der Waals surface area contributed by atoms with E-state index in [1.807, 2.05) is 0 Å². The number of fused-ring (bicyclic) bond motifs is 10. The summed E-state index contributed by atoms with van der Waals surface area (Å²) in [4.78, 5) is 2.63. The number of furan rings is 1. The number of allylic oxidation sites excluding steroid dienone is 2. The molecule has 2 heteroatoms. The minimum atomic E-state index is -0.0849. The summed E-state index contributed by atoms with van der Waals surface area (Å²) >= 11 is 0. The molecular weight excluding hydrogens is 667 g/mol. The minimum Gasteiger partial charge on any atom is -0.456 e. The van der Waals surface area contributed by atoms with Gasteiger partial charge >= 0.3 is 0 Å². The maximum Gasteiger partial charge on any atom is 0.137 e. The van der Waals surface area contributed by atoms with E-state index in [4.69, 9.17) is 4.42 Å². The first kappa shape index (κ1) is 32.1. The zero-order valence-corrected chi connectivity index (χ0v) is 30.8. The quantitative estimate of drug-likeness (QED) is 0.181. The number of benzene rings is 7. The average molecular weight is 708 g/mol. The molecule has 0 amide bonds. The van der Waals surface area contributed by atoms with Gasteiger partial charge in [-0.1, -0.05) is 158 Å². The lowest BCUT2D eigenvalue weighted by atomic mass is 9.67. The highest BCUT2D eigenvalue weighted by atomic mass is 16.3. The molecule has 2 nitrogen and oxygen atoms in total. The SMILES string of the molecule is C1=CC(N(c2ccccc2-c2ccccc2)c2cccc3oc4ccccc4c23)CC2=C1c1ccccc1C21CCc2ccccc2-c2ccccc2CC1. The van der Waals surface area contributed by atoms with Crippen molar-refractivity contribution in [1.82, 2.24) is 0 Å². The van der Waals surface area contributed by atoms with Crippen LogP contribution < -0.4 is 4.90 Å². The molecule has 8 aromatic rings. The van der Waals surface area contributed by atoms with Gasteiger partial charge in [0.05, 0.1) is 17.1 Å². The fourth-order valence-electron chi connectivity index (χ4n) is 10.3. The van der Waals surface area contributed by atoms with Gasteiger partial charge < -0.3 is 9.32 Å². The summed E-state index contributed by atoms with van der Waals surface area (Å²) in [5.41, 5.74) is 18.2. The van der Waals surface area contributed by atoms with E-state index in [2.05, 4.69) is 187 Å². The van der Waals surface area contributed by atoms with E-state index in [0.717, 1.165) is 54.0 Å². The number of para-hydroxylation sites is 2. The van der Waals surface area contributed by atoms with Crippen molar-refractivity contribution >= 4 is 38.9 Å². The van der Waals surface area contributed by atoms with Gasteiger partial charge in [-0.05, 0) is 106 Å². The molecule has 0 saturated heterocycles. The predicted octanol–water partition coefficient (Wildman–Crippen LogP) is 13.7. The molecule has 1 unspecified atom stereocenters. The van der Waals surface area contributed by atoms with Crippen molar-refractivity contribution < 1.29 is 4.42 Å². The predicted molar refractivity (Wildman–Crippen MR) is 229 cm³/mol. The Morgan fingerprint density at radius 1 is 0.509 bits per heavy atom. The Balaban J connectivity index is 1.10. The molecule has 0 bridgehead atoms. The topological polar surface area (TPSA) is 16.4 Å². The molecule has 55 heavy (non-hydrogen) atoms. The molecule has 1 aromatic heterocycles. The second-order valence-corrected chi connectivity index (χ2v) is 15.5. The van der Waals surface area contributed by atoms with Crippen molar-refractivity contribution in [1.29, 1.82) is 0 Å². The Morgan fingerprint density at radius 3 is 1.89 bits per heavy atom. The van der Waals surface area contributed by atoms with Crippen LogP contribution in [0.2, 0.25) is 0 Å². The summed E-state index contributed by atoms with van der Waals surface area (Å²) in [6.07, 6.45) is 10.1. The van der Waals surface area contributed by atoms with Crippen molar-refractivity contribution in [3.05, 3.63) is 210 Å². The third-order valence-electron chi connectivity index (χ3n) is 12.7. The van der Waals surface area contributed by atoms with E-state index in [0.29, 0.717) is 0 Å². The van der Waals surface area contributed by atoms with Gasteiger partial charge in [-0.2, -0.15) is 0 Å². The van der Waals surface area contributed by atoms with Crippen LogP contribution in [0.25, 0.3) is 49.8 Å². The van der Waals surface area contributed by atoms with E-state index in [-0.39, 0.29) is 11.5 Å². The van der Waals surface area contributed by atoms with Crippen LogP contribution >= 0.6 is 0 Å². The molecule has 0 saturated carbocycles. The van der Waals surface area contributed by atoms with Gasteiger partial charge in [0, 0.05) is 22.1 Å². The molecular formula is C53H41NO. The highest BCUT2D eigenvalue weighted by Gasteiger charge is 2.46. The summed E-state index contributed by atoms with van der Waals surface area (Å²) in [6, 6.07) is 62.5. The van der Waals surface area contributed by atoms with Crippen LogP contribution in [0.5, 0.6) is 0 Å². The van der Waals surface area contributed by atoms with E-state index >= 15 is 0 Å². The summed E-state index contributed by atoms with van der Waals surface area (Å²) in [6.45, 7) is 0. The molecule has 3 aliphatic carbocycles. The highest BCUT2D eigenvalue weighted by Crippen LogP contribution is 2.57. The Bertz CT molecular complexity index is 2770. The maximum absolute atomic E-state index is 6.52. The van der Waals surface area contributed by atoms with Gasteiger partial charge in [-0.25, -0.2) is 0 Å². The van der Waals surface area contributed by atoms with Crippen LogP contribution in [0, 0.1) is 0 Å². The molecule has 0 aliphatic heterocycles. The van der Waals surface area contributed by atoms with Crippen LogP contribution in [0.3, 0.4) is 0 Å². The number of aryl methyl sites for hydroxylation is 2.